The second-order valence-corrected chi connectivity index (χ2v) is 8.25. The minimum Gasteiger partial charge on any atom is -0.487 e. The number of amides is 1. The quantitative estimate of drug-likeness (QED) is 0.723. The van der Waals surface area contributed by atoms with Crippen LogP contribution in [0.5, 0.6) is 5.75 Å². The molecule has 0 radical (unpaired) electrons. The standard InChI is InChI=1S/C24H25N3O2/c1-27-14-12-24(13-15-27)16-21(18-7-3-5-9-22(18)29-24)26-23(28)20-11-10-17-6-2-4-8-19(17)25-20/h2-11,21H,12-16H2,1H3,(H,26,28)/t21-/m1/s1. The van der Waals surface area contributed by atoms with Gasteiger partial charge in [-0.25, -0.2) is 4.98 Å². The molecule has 1 amide bonds. The average Bonchev–Trinajstić information content (AvgIpc) is 2.75. The Balaban J connectivity index is 1.43. The first-order valence-electron chi connectivity index (χ1n) is 10.3. The van der Waals surface area contributed by atoms with E-state index in [9.17, 15) is 4.79 Å². The van der Waals surface area contributed by atoms with E-state index in [2.05, 4.69) is 28.3 Å². The second kappa shape index (κ2) is 7.16. The summed E-state index contributed by atoms with van der Waals surface area (Å²) in [5.41, 5.74) is 2.12. The normalized spacial score (nSPS) is 20.8. The Morgan fingerprint density at radius 3 is 2.69 bits per heavy atom. The molecule has 2 aromatic carbocycles. The van der Waals surface area contributed by atoms with Gasteiger partial charge in [-0.3, -0.25) is 4.79 Å². The molecular weight excluding hydrogens is 362 g/mol. The maximum Gasteiger partial charge on any atom is 0.270 e. The first-order valence-corrected chi connectivity index (χ1v) is 10.3. The number of carbonyl (C=O) groups excluding carboxylic acids is 1. The fourth-order valence-electron chi connectivity index (χ4n) is 4.50. The molecule has 5 heteroatoms. The van der Waals surface area contributed by atoms with Crippen LogP contribution in [0.3, 0.4) is 0 Å². The molecule has 2 aliphatic rings. The summed E-state index contributed by atoms with van der Waals surface area (Å²) in [6.45, 7) is 2.02. The van der Waals surface area contributed by atoms with Crippen LogP contribution in [0.15, 0.2) is 60.7 Å². The molecule has 2 aliphatic heterocycles. The van der Waals surface area contributed by atoms with E-state index in [1.165, 1.54) is 0 Å². The summed E-state index contributed by atoms with van der Waals surface area (Å²) < 4.78 is 6.49. The Morgan fingerprint density at radius 1 is 1.07 bits per heavy atom. The summed E-state index contributed by atoms with van der Waals surface area (Å²) in [6, 6.07) is 19.6. The molecule has 5 rings (SSSR count). The van der Waals surface area contributed by atoms with E-state index >= 15 is 0 Å². The summed E-state index contributed by atoms with van der Waals surface area (Å²) >= 11 is 0. The number of likely N-dealkylation sites (tertiary alicyclic amines) is 1. The highest BCUT2D eigenvalue weighted by atomic mass is 16.5. The molecule has 1 aromatic heterocycles. The molecule has 0 aliphatic carbocycles. The SMILES string of the molecule is CN1CCC2(CC1)C[C@@H](NC(=O)c1ccc3ccccc3n1)c1ccccc1O2. The van der Waals surface area contributed by atoms with Gasteiger partial charge in [0, 0.05) is 30.5 Å². The van der Waals surface area contributed by atoms with Crippen molar-refractivity contribution >= 4 is 16.8 Å². The van der Waals surface area contributed by atoms with Crippen LogP contribution in [0.2, 0.25) is 0 Å². The van der Waals surface area contributed by atoms with Crippen molar-refractivity contribution in [3.05, 3.63) is 71.9 Å². The van der Waals surface area contributed by atoms with Crippen LogP contribution in [-0.4, -0.2) is 41.5 Å². The van der Waals surface area contributed by atoms with E-state index in [0.29, 0.717) is 5.69 Å². The molecule has 1 saturated heterocycles. The number of hydrogen-bond acceptors (Lipinski definition) is 4. The molecule has 3 aromatic rings. The number of rotatable bonds is 2. The van der Waals surface area contributed by atoms with Crippen LogP contribution < -0.4 is 10.1 Å². The Hall–Kier alpha value is -2.92. The van der Waals surface area contributed by atoms with Crippen molar-refractivity contribution in [2.24, 2.45) is 0 Å². The van der Waals surface area contributed by atoms with Crippen molar-refractivity contribution in [1.29, 1.82) is 0 Å². The molecule has 1 N–H and O–H groups in total. The largest absolute Gasteiger partial charge is 0.487 e. The lowest BCUT2D eigenvalue weighted by Gasteiger charge is -2.46. The van der Waals surface area contributed by atoms with Gasteiger partial charge in [0.2, 0.25) is 0 Å². The van der Waals surface area contributed by atoms with Gasteiger partial charge >= 0.3 is 0 Å². The number of aromatic nitrogens is 1. The van der Waals surface area contributed by atoms with Gasteiger partial charge in [0.05, 0.1) is 11.6 Å². The van der Waals surface area contributed by atoms with Gasteiger partial charge < -0.3 is 15.0 Å². The smallest absolute Gasteiger partial charge is 0.270 e. The summed E-state index contributed by atoms with van der Waals surface area (Å²) in [5, 5.41) is 4.28. The van der Waals surface area contributed by atoms with Crippen molar-refractivity contribution in [2.75, 3.05) is 20.1 Å². The fraction of sp³-hybridized carbons (Fsp3) is 0.333. The second-order valence-electron chi connectivity index (χ2n) is 8.25. The van der Waals surface area contributed by atoms with E-state index in [-0.39, 0.29) is 17.6 Å². The van der Waals surface area contributed by atoms with Crippen molar-refractivity contribution < 1.29 is 9.53 Å². The minimum atomic E-state index is -0.213. The number of para-hydroxylation sites is 2. The van der Waals surface area contributed by atoms with Crippen molar-refractivity contribution in [1.82, 2.24) is 15.2 Å². The zero-order chi connectivity index (χ0) is 19.8. The maximum absolute atomic E-state index is 13.1. The lowest BCUT2D eigenvalue weighted by Crippen LogP contribution is -2.51. The third-order valence-electron chi connectivity index (χ3n) is 6.23. The number of benzene rings is 2. The van der Waals surface area contributed by atoms with Crippen molar-refractivity contribution in [2.45, 2.75) is 30.9 Å². The molecule has 0 unspecified atom stereocenters. The first kappa shape index (κ1) is 18.1. The van der Waals surface area contributed by atoms with Crippen LogP contribution in [-0.2, 0) is 0 Å². The monoisotopic (exact) mass is 387 g/mol. The van der Waals surface area contributed by atoms with E-state index in [0.717, 1.165) is 54.6 Å². The Kier molecular flexibility index (Phi) is 4.47. The first-order chi connectivity index (χ1) is 14.1. The highest BCUT2D eigenvalue weighted by molar-refractivity contribution is 5.95. The molecule has 5 nitrogen and oxygen atoms in total. The lowest BCUT2D eigenvalue weighted by molar-refractivity contribution is -0.0196. The van der Waals surface area contributed by atoms with Gasteiger partial charge in [0.1, 0.15) is 17.0 Å². The number of nitrogens with one attached hydrogen (secondary N) is 1. The number of piperidine rings is 1. The molecule has 148 valence electrons. The number of ether oxygens (including phenoxy) is 1. The zero-order valence-electron chi connectivity index (χ0n) is 16.6. The Bertz CT molecular complexity index is 1060. The number of nitrogens with zero attached hydrogens (tertiary/aromatic N) is 2. The van der Waals surface area contributed by atoms with Gasteiger partial charge in [-0.15, -0.1) is 0 Å². The van der Waals surface area contributed by atoms with Crippen LogP contribution in [0.4, 0.5) is 0 Å². The maximum atomic E-state index is 13.1. The zero-order valence-corrected chi connectivity index (χ0v) is 16.6. The predicted octanol–water partition coefficient (Wildman–Crippen LogP) is 3.95. The van der Waals surface area contributed by atoms with Crippen molar-refractivity contribution in [3.63, 3.8) is 0 Å². The molecule has 1 spiro atoms. The fourth-order valence-corrected chi connectivity index (χ4v) is 4.50. The van der Waals surface area contributed by atoms with Crippen LogP contribution >= 0.6 is 0 Å². The van der Waals surface area contributed by atoms with Gasteiger partial charge in [0.15, 0.2) is 0 Å². The molecule has 29 heavy (non-hydrogen) atoms. The summed E-state index contributed by atoms with van der Waals surface area (Å²) in [4.78, 5) is 20.0. The topological polar surface area (TPSA) is 54.5 Å². The Morgan fingerprint density at radius 2 is 1.83 bits per heavy atom. The molecule has 1 fully saturated rings. The van der Waals surface area contributed by atoms with Gasteiger partial charge in [-0.2, -0.15) is 0 Å². The number of fused-ring (bicyclic) bond motifs is 2. The highest BCUT2D eigenvalue weighted by Crippen LogP contribution is 2.44. The molecule has 3 heterocycles. The molecule has 0 saturated carbocycles. The molecular formula is C24H25N3O2. The molecule has 1 atom stereocenters. The van der Waals surface area contributed by atoms with E-state index < -0.39 is 0 Å². The highest BCUT2D eigenvalue weighted by Gasteiger charge is 2.43. The van der Waals surface area contributed by atoms with Crippen LogP contribution in [0, 0.1) is 0 Å². The number of pyridine rings is 1. The van der Waals surface area contributed by atoms with Gasteiger partial charge in [0.25, 0.3) is 5.91 Å². The Labute approximate surface area is 170 Å². The minimum absolute atomic E-state index is 0.0795. The van der Waals surface area contributed by atoms with Gasteiger partial charge in [-0.05, 0) is 38.1 Å². The third kappa shape index (κ3) is 3.47. The number of carbonyl (C=O) groups is 1. The van der Waals surface area contributed by atoms with E-state index in [4.69, 9.17) is 4.74 Å². The van der Waals surface area contributed by atoms with Crippen LogP contribution in [0.25, 0.3) is 10.9 Å². The van der Waals surface area contributed by atoms with Crippen LogP contribution in [0.1, 0.15) is 41.4 Å². The van der Waals surface area contributed by atoms with Crippen molar-refractivity contribution in [3.8, 4) is 5.75 Å². The lowest BCUT2D eigenvalue weighted by atomic mass is 9.80. The third-order valence-corrected chi connectivity index (χ3v) is 6.23. The number of hydrogen-bond donors (Lipinski definition) is 1. The summed E-state index contributed by atoms with van der Waals surface area (Å²) in [7, 11) is 2.15. The van der Waals surface area contributed by atoms with E-state index in [1.54, 1.807) is 6.07 Å². The summed E-state index contributed by atoms with van der Waals surface area (Å²) in [5.74, 6) is 0.751. The predicted molar refractivity (Wildman–Crippen MR) is 113 cm³/mol. The molecule has 0 bridgehead atoms. The summed E-state index contributed by atoms with van der Waals surface area (Å²) in [6.07, 6.45) is 2.73. The van der Waals surface area contributed by atoms with Gasteiger partial charge in [-0.1, -0.05) is 42.5 Å². The average molecular weight is 387 g/mol. The van der Waals surface area contributed by atoms with E-state index in [1.807, 2.05) is 48.5 Å².